The molecule has 3 aromatic carbocycles. The maximum atomic E-state index is 14.1. The molecular weight excluding hydrogens is 468 g/mol. The molecule has 0 radical (unpaired) electrons. The number of piperazine rings is 1. The van der Waals surface area contributed by atoms with Crippen molar-refractivity contribution in [2.45, 2.75) is 31.3 Å². The Hall–Kier alpha value is -3.41. The van der Waals surface area contributed by atoms with Gasteiger partial charge in [-0.15, -0.1) is 12.4 Å². The summed E-state index contributed by atoms with van der Waals surface area (Å²) in [5.41, 5.74) is 6.57. The standard InChI is InChI=1S/C30H30N4O.ClH/c35-30(33-16-15-31-20-27(33)17-22-9-3-1-4-10-22)28-29(23-11-5-2-6-12-23)34(21-32-28)26-18-24-13-7-8-14-25(24)19-26;/h1-14,21,26-27,31H,15-20H2;1H/t27-;/m1./s1. The predicted molar refractivity (Wildman–Crippen MR) is 146 cm³/mol. The SMILES string of the molecule is Cl.O=C(c1ncn(C2Cc3ccccc3C2)c1-c1ccccc1)N1CCNC[C@H]1Cc1ccccc1. The number of carbonyl (C=O) groups is 1. The Morgan fingerprint density at radius 3 is 2.22 bits per heavy atom. The van der Waals surface area contributed by atoms with Crippen LogP contribution in [0.15, 0.2) is 91.3 Å². The Morgan fingerprint density at radius 2 is 1.53 bits per heavy atom. The van der Waals surface area contributed by atoms with Gasteiger partial charge in [0.25, 0.3) is 5.91 Å². The topological polar surface area (TPSA) is 50.2 Å². The minimum atomic E-state index is 0. The van der Waals surface area contributed by atoms with Crippen molar-refractivity contribution in [3.05, 3.63) is 114 Å². The van der Waals surface area contributed by atoms with Gasteiger partial charge in [-0.2, -0.15) is 0 Å². The molecule has 2 heterocycles. The monoisotopic (exact) mass is 498 g/mol. The van der Waals surface area contributed by atoms with Gasteiger partial charge >= 0.3 is 0 Å². The molecule has 1 aliphatic carbocycles. The van der Waals surface area contributed by atoms with Crippen molar-refractivity contribution in [1.82, 2.24) is 19.8 Å². The van der Waals surface area contributed by atoms with Crippen LogP contribution in [0.1, 0.15) is 33.2 Å². The lowest BCUT2D eigenvalue weighted by Gasteiger charge is -2.36. The first-order valence-corrected chi connectivity index (χ1v) is 12.5. The van der Waals surface area contributed by atoms with E-state index in [2.05, 4.69) is 70.5 Å². The molecule has 5 nitrogen and oxygen atoms in total. The molecule has 0 saturated carbocycles. The molecule has 1 aliphatic heterocycles. The Labute approximate surface area is 218 Å². The lowest BCUT2D eigenvalue weighted by Crippen LogP contribution is -2.54. The molecular formula is C30H31ClN4O. The minimum absolute atomic E-state index is 0. The molecule has 2 aliphatic rings. The summed E-state index contributed by atoms with van der Waals surface area (Å²) in [5, 5.41) is 3.48. The number of rotatable bonds is 5. The summed E-state index contributed by atoms with van der Waals surface area (Å²) in [6.45, 7) is 2.28. The van der Waals surface area contributed by atoms with Gasteiger partial charge in [0.15, 0.2) is 5.69 Å². The van der Waals surface area contributed by atoms with Crippen molar-refractivity contribution in [2.75, 3.05) is 19.6 Å². The van der Waals surface area contributed by atoms with E-state index in [9.17, 15) is 4.79 Å². The number of aromatic nitrogens is 2. The van der Waals surface area contributed by atoms with Gasteiger partial charge in [-0.1, -0.05) is 84.9 Å². The van der Waals surface area contributed by atoms with Crippen molar-refractivity contribution in [3.63, 3.8) is 0 Å². The van der Waals surface area contributed by atoms with E-state index in [1.807, 2.05) is 35.5 Å². The van der Waals surface area contributed by atoms with Gasteiger partial charge in [0, 0.05) is 37.3 Å². The highest BCUT2D eigenvalue weighted by atomic mass is 35.5. The summed E-state index contributed by atoms with van der Waals surface area (Å²) < 4.78 is 2.25. The number of nitrogens with zero attached hydrogens (tertiary/aromatic N) is 3. The molecule has 6 rings (SSSR count). The molecule has 1 amide bonds. The number of hydrogen-bond donors (Lipinski definition) is 1. The van der Waals surface area contributed by atoms with Gasteiger partial charge in [-0.05, 0) is 36.0 Å². The fourth-order valence-electron chi connectivity index (χ4n) is 5.64. The fourth-order valence-corrected chi connectivity index (χ4v) is 5.64. The highest BCUT2D eigenvalue weighted by molar-refractivity contribution is 5.98. The van der Waals surface area contributed by atoms with Crippen LogP contribution in [-0.4, -0.2) is 46.0 Å². The molecule has 1 atom stereocenters. The number of nitrogens with one attached hydrogen (secondary N) is 1. The van der Waals surface area contributed by atoms with Gasteiger partial charge in [-0.3, -0.25) is 4.79 Å². The van der Waals surface area contributed by atoms with Crippen molar-refractivity contribution in [1.29, 1.82) is 0 Å². The number of imidazole rings is 1. The van der Waals surface area contributed by atoms with E-state index in [1.165, 1.54) is 16.7 Å². The second-order valence-electron chi connectivity index (χ2n) is 9.59. The van der Waals surface area contributed by atoms with Crippen LogP contribution < -0.4 is 5.32 Å². The summed E-state index contributed by atoms with van der Waals surface area (Å²) in [4.78, 5) is 20.9. The molecule has 184 valence electrons. The average molecular weight is 499 g/mol. The maximum Gasteiger partial charge on any atom is 0.275 e. The Morgan fingerprint density at radius 1 is 0.889 bits per heavy atom. The van der Waals surface area contributed by atoms with E-state index in [0.717, 1.165) is 43.6 Å². The van der Waals surface area contributed by atoms with Crippen molar-refractivity contribution < 1.29 is 4.79 Å². The number of halogens is 1. The smallest absolute Gasteiger partial charge is 0.275 e. The Bertz CT molecular complexity index is 1300. The van der Waals surface area contributed by atoms with Crippen molar-refractivity contribution in [2.24, 2.45) is 0 Å². The zero-order chi connectivity index (χ0) is 23.6. The van der Waals surface area contributed by atoms with Gasteiger partial charge in [0.1, 0.15) is 0 Å². The molecule has 1 N–H and O–H groups in total. The maximum absolute atomic E-state index is 14.1. The van der Waals surface area contributed by atoms with Crippen LogP contribution in [0.2, 0.25) is 0 Å². The van der Waals surface area contributed by atoms with Gasteiger partial charge in [0.2, 0.25) is 0 Å². The average Bonchev–Trinajstić information content (AvgIpc) is 3.54. The first-order chi connectivity index (χ1) is 17.3. The molecule has 1 aromatic heterocycles. The van der Waals surface area contributed by atoms with Crippen LogP contribution in [-0.2, 0) is 19.3 Å². The summed E-state index contributed by atoms with van der Waals surface area (Å²) in [5.74, 6) is 0.0283. The van der Waals surface area contributed by atoms with E-state index in [-0.39, 0.29) is 30.4 Å². The van der Waals surface area contributed by atoms with E-state index in [4.69, 9.17) is 4.98 Å². The normalized spacial score (nSPS) is 17.4. The number of amides is 1. The molecule has 4 aromatic rings. The van der Waals surface area contributed by atoms with Crippen LogP contribution in [0.5, 0.6) is 0 Å². The summed E-state index contributed by atoms with van der Waals surface area (Å²) in [6.07, 6.45) is 4.65. The van der Waals surface area contributed by atoms with Crippen LogP contribution >= 0.6 is 12.4 Å². The van der Waals surface area contributed by atoms with Crippen LogP contribution in [0, 0.1) is 0 Å². The van der Waals surface area contributed by atoms with E-state index in [0.29, 0.717) is 12.2 Å². The second kappa shape index (κ2) is 10.7. The lowest BCUT2D eigenvalue weighted by molar-refractivity contribution is 0.0631. The first kappa shape index (κ1) is 24.3. The van der Waals surface area contributed by atoms with Crippen molar-refractivity contribution >= 4 is 18.3 Å². The largest absolute Gasteiger partial charge is 0.331 e. The molecule has 36 heavy (non-hydrogen) atoms. The highest BCUT2D eigenvalue weighted by Crippen LogP contribution is 2.35. The molecule has 1 saturated heterocycles. The number of carbonyl (C=O) groups excluding carboxylic acids is 1. The summed E-state index contributed by atoms with van der Waals surface area (Å²) in [6, 6.07) is 29.7. The van der Waals surface area contributed by atoms with E-state index in [1.54, 1.807) is 0 Å². The van der Waals surface area contributed by atoms with Gasteiger partial charge in [-0.25, -0.2) is 4.98 Å². The Kier molecular flexibility index (Phi) is 7.21. The fraction of sp³-hybridized carbons (Fsp3) is 0.267. The third-order valence-electron chi connectivity index (χ3n) is 7.39. The van der Waals surface area contributed by atoms with Crippen LogP contribution in [0.4, 0.5) is 0 Å². The quantitative estimate of drug-likeness (QED) is 0.422. The van der Waals surface area contributed by atoms with Crippen molar-refractivity contribution in [3.8, 4) is 11.3 Å². The third kappa shape index (κ3) is 4.69. The molecule has 0 bridgehead atoms. The van der Waals surface area contributed by atoms with E-state index >= 15 is 0 Å². The number of hydrogen-bond acceptors (Lipinski definition) is 3. The van der Waals surface area contributed by atoms with Gasteiger partial charge in [0.05, 0.1) is 12.0 Å². The zero-order valence-electron chi connectivity index (χ0n) is 20.2. The molecule has 0 spiro atoms. The van der Waals surface area contributed by atoms with Gasteiger partial charge < -0.3 is 14.8 Å². The minimum Gasteiger partial charge on any atom is -0.331 e. The number of benzene rings is 3. The molecule has 0 unspecified atom stereocenters. The lowest BCUT2D eigenvalue weighted by atomic mass is 10.0. The number of fused-ring (bicyclic) bond motifs is 1. The van der Waals surface area contributed by atoms with Crippen LogP contribution in [0.3, 0.4) is 0 Å². The third-order valence-corrected chi connectivity index (χ3v) is 7.39. The summed E-state index contributed by atoms with van der Waals surface area (Å²) in [7, 11) is 0. The highest BCUT2D eigenvalue weighted by Gasteiger charge is 2.33. The first-order valence-electron chi connectivity index (χ1n) is 12.5. The Balaban J connectivity index is 0.00000267. The van der Waals surface area contributed by atoms with Crippen LogP contribution in [0.25, 0.3) is 11.3 Å². The predicted octanol–water partition coefficient (Wildman–Crippen LogP) is 4.97. The second-order valence-corrected chi connectivity index (χ2v) is 9.59. The zero-order valence-corrected chi connectivity index (χ0v) is 21.0. The molecule has 1 fully saturated rings. The summed E-state index contributed by atoms with van der Waals surface area (Å²) >= 11 is 0. The van der Waals surface area contributed by atoms with E-state index < -0.39 is 0 Å². The molecule has 6 heteroatoms.